The molecule has 0 saturated heterocycles. The van der Waals surface area contributed by atoms with Gasteiger partial charge in [-0.2, -0.15) is 0 Å². The smallest absolute Gasteiger partial charge is 0.200 e. The number of oxazole rings is 1. The van der Waals surface area contributed by atoms with Gasteiger partial charge in [-0.25, -0.2) is 4.98 Å². The Balaban J connectivity index is 3.03. The minimum atomic E-state index is 0.0121. The van der Waals surface area contributed by atoms with Crippen molar-refractivity contribution in [1.29, 1.82) is 0 Å². The third-order valence-electron chi connectivity index (χ3n) is 2.55. The number of aromatic nitrogens is 1. The Labute approximate surface area is 79.3 Å². The van der Waals surface area contributed by atoms with Crippen LogP contribution < -0.4 is 5.73 Å². The number of nitrogens with two attached hydrogens (primary N) is 1. The Hall–Kier alpha value is -0.830. The van der Waals surface area contributed by atoms with Gasteiger partial charge in [-0.3, -0.25) is 0 Å². The Kier molecular flexibility index (Phi) is 2.76. The summed E-state index contributed by atoms with van der Waals surface area (Å²) in [6.45, 7) is 8.73. The molecule has 3 heteroatoms. The highest BCUT2D eigenvalue weighted by Crippen LogP contribution is 2.27. The zero-order valence-corrected chi connectivity index (χ0v) is 8.85. The predicted octanol–water partition coefficient (Wildman–Crippen LogP) is 2.13. The first-order chi connectivity index (χ1) is 6.01. The summed E-state index contributed by atoms with van der Waals surface area (Å²) in [6, 6.07) is 0. The van der Waals surface area contributed by atoms with Crippen LogP contribution in [0.25, 0.3) is 0 Å². The normalized spacial score (nSPS) is 12.1. The molecule has 0 atom stereocenters. The molecule has 0 aliphatic heterocycles. The number of hydrogen-bond acceptors (Lipinski definition) is 3. The first-order valence-corrected chi connectivity index (χ1v) is 4.68. The van der Waals surface area contributed by atoms with Crippen LogP contribution in [0.15, 0.2) is 4.42 Å². The third kappa shape index (κ3) is 1.91. The van der Waals surface area contributed by atoms with E-state index in [0.717, 1.165) is 23.8 Å². The van der Waals surface area contributed by atoms with Crippen LogP contribution in [0.2, 0.25) is 0 Å². The molecule has 13 heavy (non-hydrogen) atoms. The van der Waals surface area contributed by atoms with Crippen LogP contribution in [0.1, 0.15) is 44.5 Å². The summed E-state index contributed by atoms with van der Waals surface area (Å²) < 4.78 is 5.57. The van der Waals surface area contributed by atoms with Gasteiger partial charge in [0.05, 0.1) is 5.69 Å². The number of rotatable bonds is 3. The molecular formula is C10H18N2O. The zero-order valence-electron chi connectivity index (χ0n) is 8.85. The lowest BCUT2D eigenvalue weighted by atomic mass is 9.90. The second-order valence-corrected chi connectivity index (χ2v) is 3.96. The van der Waals surface area contributed by atoms with Crippen LogP contribution in [0.3, 0.4) is 0 Å². The summed E-state index contributed by atoms with van der Waals surface area (Å²) >= 11 is 0. The lowest BCUT2D eigenvalue weighted by Gasteiger charge is -2.17. The molecule has 0 amide bonds. The van der Waals surface area contributed by atoms with E-state index in [1.807, 2.05) is 6.92 Å². The monoisotopic (exact) mass is 182 g/mol. The van der Waals surface area contributed by atoms with Crippen LogP contribution in [-0.2, 0) is 12.0 Å². The SMILES string of the molecule is CCC(C)(C)c1nc(CN)c(C)o1. The predicted molar refractivity (Wildman–Crippen MR) is 52.4 cm³/mol. The van der Waals surface area contributed by atoms with E-state index in [0.29, 0.717) is 6.54 Å². The molecule has 1 rings (SSSR count). The minimum absolute atomic E-state index is 0.0121. The van der Waals surface area contributed by atoms with Gasteiger partial charge in [0.1, 0.15) is 5.76 Å². The van der Waals surface area contributed by atoms with Gasteiger partial charge < -0.3 is 10.2 Å². The van der Waals surface area contributed by atoms with Gasteiger partial charge in [0.2, 0.25) is 0 Å². The van der Waals surface area contributed by atoms with Crippen molar-refractivity contribution >= 4 is 0 Å². The summed E-state index contributed by atoms with van der Waals surface area (Å²) in [5.74, 6) is 1.65. The molecule has 0 aliphatic carbocycles. The lowest BCUT2D eigenvalue weighted by Crippen LogP contribution is -2.16. The molecule has 0 spiro atoms. The first kappa shape index (κ1) is 10.3. The van der Waals surface area contributed by atoms with E-state index in [-0.39, 0.29) is 5.41 Å². The summed E-state index contributed by atoms with van der Waals surface area (Å²) in [4.78, 5) is 4.38. The maximum Gasteiger partial charge on any atom is 0.200 e. The summed E-state index contributed by atoms with van der Waals surface area (Å²) in [5, 5.41) is 0. The highest BCUT2D eigenvalue weighted by molar-refractivity contribution is 5.12. The molecule has 1 aromatic heterocycles. The minimum Gasteiger partial charge on any atom is -0.445 e. The Morgan fingerprint density at radius 1 is 1.46 bits per heavy atom. The molecule has 1 heterocycles. The van der Waals surface area contributed by atoms with Crippen molar-refractivity contribution in [1.82, 2.24) is 4.98 Å². The van der Waals surface area contributed by atoms with Crippen molar-refractivity contribution in [2.45, 2.75) is 46.1 Å². The van der Waals surface area contributed by atoms with Gasteiger partial charge in [0.25, 0.3) is 0 Å². The summed E-state index contributed by atoms with van der Waals surface area (Å²) in [5.41, 5.74) is 6.41. The molecule has 3 nitrogen and oxygen atoms in total. The molecule has 0 aromatic carbocycles. The Bertz CT molecular complexity index is 289. The largest absolute Gasteiger partial charge is 0.445 e. The maximum absolute atomic E-state index is 5.57. The fourth-order valence-corrected chi connectivity index (χ4v) is 1.06. The quantitative estimate of drug-likeness (QED) is 0.779. The lowest BCUT2D eigenvalue weighted by molar-refractivity contribution is 0.350. The highest BCUT2D eigenvalue weighted by atomic mass is 16.4. The molecular weight excluding hydrogens is 164 g/mol. The molecule has 0 unspecified atom stereocenters. The molecule has 2 N–H and O–H groups in total. The van der Waals surface area contributed by atoms with E-state index < -0.39 is 0 Å². The summed E-state index contributed by atoms with van der Waals surface area (Å²) in [7, 11) is 0. The molecule has 0 radical (unpaired) electrons. The van der Waals surface area contributed by atoms with Crippen molar-refractivity contribution < 1.29 is 4.42 Å². The Morgan fingerprint density at radius 3 is 2.46 bits per heavy atom. The molecule has 0 aliphatic rings. The third-order valence-corrected chi connectivity index (χ3v) is 2.55. The van der Waals surface area contributed by atoms with E-state index >= 15 is 0 Å². The topological polar surface area (TPSA) is 52.0 Å². The molecule has 0 fully saturated rings. The fraction of sp³-hybridized carbons (Fsp3) is 0.700. The second-order valence-electron chi connectivity index (χ2n) is 3.96. The van der Waals surface area contributed by atoms with E-state index in [1.165, 1.54) is 0 Å². The average molecular weight is 182 g/mol. The van der Waals surface area contributed by atoms with Crippen molar-refractivity contribution in [2.24, 2.45) is 5.73 Å². The highest BCUT2D eigenvalue weighted by Gasteiger charge is 2.25. The number of nitrogens with zero attached hydrogens (tertiary/aromatic N) is 1. The van der Waals surface area contributed by atoms with E-state index in [4.69, 9.17) is 10.2 Å². The maximum atomic E-state index is 5.57. The molecule has 74 valence electrons. The standard InChI is InChI=1S/C10H18N2O/c1-5-10(3,4)9-12-8(6-11)7(2)13-9/h5-6,11H2,1-4H3. The van der Waals surface area contributed by atoms with E-state index in [2.05, 4.69) is 25.8 Å². The summed E-state index contributed by atoms with van der Waals surface area (Å²) in [6.07, 6.45) is 1.01. The second kappa shape index (κ2) is 3.50. The van der Waals surface area contributed by atoms with Crippen molar-refractivity contribution in [3.05, 3.63) is 17.3 Å². The van der Waals surface area contributed by atoms with Gasteiger partial charge in [-0.15, -0.1) is 0 Å². The van der Waals surface area contributed by atoms with Crippen molar-refractivity contribution in [3.8, 4) is 0 Å². The molecule has 1 aromatic rings. The zero-order chi connectivity index (χ0) is 10.1. The number of aryl methyl sites for hydroxylation is 1. The van der Waals surface area contributed by atoms with Crippen LogP contribution in [-0.4, -0.2) is 4.98 Å². The fourth-order valence-electron chi connectivity index (χ4n) is 1.06. The molecule has 0 bridgehead atoms. The molecule has 0 saturated carbocycles. The van der Waals surface area contributed by atoms with Gasteiger partial charge in [-0.05, 0) is 13.3 Å². The van der Waals surface area contributed by atoms with Crippen LogP contribution in [0.4, 0.5) is 0 Å². The van der Waals surface area contributed by atoms with Crippen LogP contribution in [0.5, 0.6) is 0 Å². The van der Waals surface area contributed by atoms with Gasteiger partial charge in [-0.1, -0.05) is 20.8 Å². The van der Waals surface area contributed by atoms with Crippen LogP contribution >= 0.6 is 0 Å². The van der Waals surface area contributed by atoms with Gasteiger partial charge in [0, 0.05) is 12.0 Å². The average Bonchev–Trinajstić information content (AvgIpc) is 2.47. The van der Waals surface area contributed by atoms with E-state index in [9.17, 15) is 0 Å². The Morgan fingerprint density at radius 2 is 2.08 bits per heavy atom. The first-order valence-electron chi connectivity index (χ1n) is 4.68. The van der Waals surface area contributed by atoms with Gasteiger partial charge >= 0.3 is 0 Å². The van der Waals surface area contributed by atoms with E-state index in [1.54, 1.807) is 0 Å². The van der Waals surface area contributed by atoms with Crippen molar-refractivity contribution in [2.75, 3.05) is 0 Å². The van der Waals surface area contributed by atoms with Crippen LogP contribution in [0, 0.1) is 6.92 Å². The van der Waals surface area contributed by atoms with Gasteiger partial charge in [0.15, 0.2) is 5.89 Å². The van der Waals surface area contributed by atoms with Crippen molar-refractivity contribution in [3.63, 3.8) is 0 Å². The number of hydrogen-bond donors (Lipinski definition) is 1.